The molecule has 0 bridgehead atoms. The minimum absolute atomic E-state index is 0.0423. The molecule has 0 saturated heterocycles. The number of hydrogen-bond donors (Lipinski definition) is 1. The van der Waals surface area contributed by atoms with Crippen LogP contribution < -0.4 is 5.32 Å². The average molecular weight is 389 g/mol. The molecule has 148 valence electrons. The number of carbonyl (C=O) groups is 1. The molecule has 3 heterocycles. The van der Waals surface area contributed by atoms with Crippen LogP contribution in [0.4, 0.5) is 0 Å². The van der Waals surface area contributed by atoms with Gasteiger partial charge in [0, 0.05) is 37.3 Å². The van der Waals surface area contributed by atoms with Gasteiger partial charge in [-0.25, -0.2) is 14.5 Å². The maximum Gasteiger partial charge on any atom is 0.252 e. The van der Waals surface area contributed by atoms with Crippen LogP contribution in [0, 0.1) is 13.8 Å². The molecule has 1 N–H and O–H groups in total. The molecule has 0 saturated carbocycles. The Labute approximate surface area is 168 Å². The summed E-state index contributed by atoms with van der Waals surface area (Å²) in [6, 6.07) is 9.57. The second-order valence-corrected chi connectivity index (χ2v) is 7.04. The molecule has 1 atom stereocenters. The average Bonchev–Trinajstić information content (AvgIpc) is 3.35. The number of carbonyl (C=O) groups excluding carboxylic acids is 1. The van der Waals surface area contributed by atoms with Crippen LogP contribution in [0.3, 0.4) is 0 Å². The highest BCUT2D eigenvalue weighted by atomic mass is 16.1. The molecule has 1 unspecified atom stereocenters. The highest BCUT2D eigenvalue weighted by molar-refractivity contribution is 5.77. The molecule has 29 heavy (non-hydrogen) atoms. The number of rotatable bonds is 6. The van der Waals surface area contributed by atoms with Crippen molar-refractivity contribution in [2.45, 2.75) is 32.7 Å². The van der Waals surface area contributed by atoms with Gasteiger partial charge in [-0.1, -0.05) is 30.3 Å². The molecule has 0 aliphatic rings. The van der Waals surface area contributed by atoms with E-state index < -0.39 is 0 Å². The highest BCUT2D eigenvalue weighted by Gasteiger charge is 2.21. The first kappa shape index (κ1) is 18.8. The summed E-state index contributed by atoms with van der Waals surface area (Å²) >= 11 is 0. The quantitative estimate of drug-likeness (QED) is 0.547. The Kier molecular flexibility index (Phi) is 5.07. The van der Waals surface area contributed by atoms with Crippen LogP contribution in [0.5, 0.6) is 0 Å². The predicted octanol–water partition coefficient (Wildman–Crippen LogP) is 2.31. The fourth-order valence-corrected chi connectivity index (χ4v) is 3.59. The number of nitrogens with one attached hydrogen (secondary N) is 1. The van der Waals surface area contributed by atoms with Gasteiger partial charge in [0.2, 0.25) is 5.91 Å². The topological polar surface area (TPSA) is 90.0 Å². The molecule has 8 nitrogen and oxygen atoms in total. The number of hydrogen-bond acceptors (Lipinski definition) is 5. The molecule has 0 aliphatic carbocycles. The molecule has 1 amide bonds. The molecule has 0 aliphatic heterocycles. The Morgan fingerprint density at radius 1 is 1.17 bits per heavy atom. The van der Waals surface area contributed by atoms with E-state index in [1.807, 2.05) is 62.0 Å². The van der Waals surface area contributed by atoms with Crippen molar-refractivity contribution in [1.29, 1.82) is 0 Å². The van der Waals surface area contributed by atoms with Crippen LogP contribution in [-0.4, -0.2) is 35.0 Å². The third kappa shape index (κ3) is 3.73. The summed E-state index contributed by atoms with van der Waals surface area (Å²) in [4.78, 5) is 25.9. The summed E-state index contributed by atoms with van der Waals surface area (Å²) in [6.07, 6.45) is 6.03. The van der Waals surface area contributed by atoms with E-state index in [0.717, 1.165) is 28.3 Å². The van der Waals surface area contributed by atoms with Gasteiger partial charge in [-0.2, -0.15) is 10.1 Å². The van der Waals surface area contributed by atoms with Crippen molar-refractivity contribution < 1.29 is 4.79 Å². The third-order valence-electron chi connectivity index (χ3n) is 5.15. The highest BCUT2D eigenvalue weighted by Crippen LogP contribution is 2.21. The number of fused-ring (bicyclic) bond motifs is 1. The first-order chi connectivity index (χ1) is 14.0. The van der Waals surface area contributed by atoms with E-state index in [2.05, 4.69) is 25.4 Å². The largest absolute Gasteiger partial charge is 0.342 e. The van der Waals surface area contributed by atoms with E-state index in [4.69, 9.17) is 0 Å². The van der Waals surface area contributed by atoms with Crippen LogP contribution >= 0.6 is 0 Å². The second-order valence-electron chi connectivity index (χ2n) is 7.04. The minimum Gasteiger partial charge on any atom is -0.342 e. The van der Waals surface area contributed by atoms with Crippen LogP contribution in [0.2, 0.25) is 0 Å². The van der Waals surface area contributed by atoms with Gasteiger partial charge >= 0.3 is 0 Å². The molecule has 4 rings (SSSR count). The van der Waals surface area contributed by atoms with Crippen molar-refractivity contribution in [3.8, 4) is 0 Å². The monoisotopic (exact) mass is 389 g/mol. The molecule has 8 heteroatoms. The lowest BCUT2D eigenvalue weighted by molar-refractivity contribution is -0.121. The van der Waals surface area contributed by atoms with E-state index in [0.29, 0.717) is 18.6 Å². The molecule has 4 aromatic rings. The van der Waals surface area contributed by atoms with Crippen LogP contribution in [-0.2, 0) is 18.3 Å². The number of benzene rings is 1. The number of aryl methyl sites for hydroxylation is 3. The number of imidazole rings is 1. The summed E-state index contributed by atoms with van der Waals surface area (Å²) in [5.41, 5.74) is 3.85. The zero-order valence-electron chi connectivity index (χ0n) is 16.7. The molecule has 3 aromatic heterocycles. The van der Waals surface area contributed by atoms with Crippen molar-refractivity contribution in [1.82, 2.24) is 34.4 Å². The lowest BCUT2D eigenvalue weighted by atomic mass is 10.0. The zero-order chi connectivity index (χ0) is 20.4. The second kappa shape index (κ2) is 7.83. The van der Waals surface area contributed by atoms with Crippen LogP contribution in [0.25, 0.3) is 5.78 Å². The Morgan fingerprint density at radius 2 is 1.97 bits per heavy atom. The molecular weight excluding hydrogens is 366 g/mol. The van der Waals surface area contributed by atoms with Crippen molar-refractivity contribution in [3.05, 3.63) is 77.4 Å². The maximum absolute atomic E-state index is 12.8. The van der Waals surface area contributed by atoms with Gasteiger partial charge in [0.15, 0.2) is 0 Å². The van der Waals surface area contributed by atoms with Gasteiger partial charge in [-0.05, 0) is 31.4 Å². The lowest BCUT2D eigenvalue weighted by Crippen LogP contribution is -2.31. The van der Waals surface area contributed by atoms with E-state index >= 15 is 0 Å². The summed E-state index contributed by atoms with van der Waals surface area (Å²) in [5.74, 6) is 1.33. The first-order valence-electron chi connectivity index (χ1n) is 9.52. The van der Waals surface area contributed by atoms with E-state index in [-0.39, 0.29) is 11.9 Å². The predicted molar refractivity (Wildman–Crippen MR) is 108 cm³/mol. The minimum atomic E-state index is -0.304. The van der Waals surface area contributed by atoms with Crippen molar-refractivity contribution >= 4 is 11.7 Å². The first-order valence-corrected chi connectivity index (χ1v) is 9.52. The molecule has 0 fully saturated rings. The Balaban J connectivity index is 1.53. The number of nitrogens with zero attached hydrogens (tertiary/aromatic N) is 6. The Hall–Kier alpha value is -3.55. The Bertz CT molecular complexity index is 1150. The SMILES string of the molecule is Cc1nc2ncnn2c(C)c1CCC(=O)NC(c1ccccc1)c1nccn1C. The van der Waals surface area contributed by atoms with E-state index in [9.17, 15) is 4.79 Å². The van der Waals surface area contributed by atoms with E-state index in [1.54, 1.807) is 10.7 Å². The van der Waals surface area contributed by atoms with Gasteiger partial charge in [0.05, 0.1) is 0 Å². The van der Waals surface area contributed by atoms with Gasteiger partial charge in [-0.3, -0.25) is 4.79 Å². The van der Waals surface area contributed by atoms with Gasteiger partial charge < -0.3 is 9.88 Å². The fourth-order valence-electron chi connectivity index (χ4n) is 3.59. The van der Waals surface area contributed by atoms with Crippen LogP contribution in [0.1, 0.15) is 40.8 Å². The molecule has 0 spiro atoms. The van der Waals surface area contributed by atoms with Crippen molar-refractivity contribution in [2.24, 2.45) is 7.05 Å². The van der Waals surface area contributed by atoms with Crippen molar-refractivity contribution in [2.75, 3.05) is 0 Å². The zero-order valence-corrected chi connectivity index (χ0v) is 16.7. The fraction of sp³-hybridized carbons (Fsp3) is 0.286. The summed E-state index contributed by atoms with van der Waals surface area (Å²) in [7, 11) is 1.93. The standard InChI is InChI=1S/C21H23N7O/c1-14-17(15(2)28-21(25-14)23-13-24-28)9-10-18(29)26-19(16-7-5-4-6-8-16)20-22-11-12-27(20)3/h4-8,11-13,19H,9-10H2,1-3H3,(H,26,29). The van der Waals surface area contributed by atoms with Gasteiger partial charge in [0.1, 0.15) is 18.2 Å². The molecule has 0 radical (unpaired) electrons. The molecule has 1 aromatic carbocycles. The maximum atomic E-state index is 12.8. The summed E-state index contributed by atoms with van der Waals surface area (Å²) in [5, 5.41) is 7.35. The Morgan fingerprint density at radius 3 is 2.69 bits per heavy atom. The van der Waals surface area contributed by atoms with E-state index in [1.165, 1.54) is 6.33 Å². The summed E-state index contributed by atoms with van der Waals surface area (Å²) in [6.45, 7) is 3.92. The summed E-state index contributed by atoms with van der Waals surface area (Å²) < 4.78 is 3.63. The van der Waals surface area contributed by atoms with Crippen LogP contribution in [0.15, 0.2) is 49.1 Å². The van der Waals surface area contributed by atoms with Crippen molar-refractivity contribution in [3.63, 3.8) is 0 Å². The number of aromatic nitrogens is 6. The molecular formula is C21H23N7O. The van der Waals surface area contributed by atoms with Gasteiger partial charge in [-0.15, -0.1) is 0 Å². The number of amides is 1. The van der Waals surface area contributed by atoms with Gasteiger partial charge in [0.25, 0.3) is 5.78 Å². The lowest BCUT2D eigenvalue weighted by Gasteiger charge is -2.19. The smallest absolute Gasteiger partial charge is 0.252 e. The normalized spacial score (nSPS) is 12.2. The third-order valence-corrected chi connectivity index (χ3v) is 5.15.